The summed E-state index contributed by atoms with van der Waals surface area (Å²) in [5.41, 5.74) is 3.29. The first-order chi connectivity index (χ1) is 14.6. The smallest absolute Gasteiger partial charge is 0.253 e. The highest BCUT2D eigenvalue weighted by molar-refractivity contribution is 7.13. The van der Waals surface area contributed by atoms with E-state index in [1.54, 1.807) is 34.0 Å². The summed E-state index contributed by atoms with van der Waals surface area (Å²) in [5.74, 6) is -0.409. The minimum Gasteiger partial charge on any atom is -0.389 e. The number of thiazole rings is 1. The van der Waals surface area contributed by atoms with Crippen molar-refractivity contribution < 1.29 is 14.7 Å². The number of β-amino-alcohol motifs (C(OH)–C–C–N with tert-alkyl or cyclic N) is 1. The van der Waals surface area contributed by atoms with Gasteiger partial charge in [0.05, 0.1) is 34.0 Å². The predicted octanol–water partition coefficient (Wildman–Crippen LogP) is 2.56. The van der Waals surface area contributed by atoms with Crippen LogP contribution in [0.4, 0.5) is 0 Å². The Kier molecular flexibility index (Phi) is 5.26. The third kappa shape index (κ3) is 3.61. The molecule has 9 heteroatoms. The van der Waals surface area contributed by atoms with Crippen LogP contribution < -0.4 is 5.32 Å². The minimum atomic E-state index is -0.794. The van der Waals surface area contributed by atoms with Crippen LogP contribution in [-0.2, 0) is 11.2 Å². The van der Waals surface area contributed by atoms with Crippen molar-refractivity contribution in [1.82, 2.24) is 19.6 Å². The molecule has 1 aliphatic heterocycles. The van der Waals surface area contributed by atoms with Gasteiger partial charge >= 0.3 is 0 Å². The first-order valence-corrected chi connectivity index (χ1v) is 11.8. The molecule has 0 saturated carbocycles. The number of fused-ring (bicyclic) bond motifs is 2. The number of piperidine rings is 1. The summed E-state index contributed by atoms with van der Waals surface area (Å²) in [4.78, 5) is 33.0. The van der Waals surface area contributed by atoms with Gasteiger partial charge in [-0.15, -0.1) is 11.3 Å². The summed E-state index contributed by atoms with van der Waals surface area (Å²) in [6, 6.07) is 5.19. The number of aliphatic hydroxyl groups excluding tert-OH is 1. The molecule has 3 atom stereocenters. The van der Waals surface area contributed by atoms with E-state index in [2.05, 4.69) is 14.7 Å². The molecule has 156 valence electrons. The van der Waals surface area contributed by atoms with Crippen molar-refractivity contribution in [1.29, 1.82) is 0 Å². The van der Waals surface area contributed by atoms with Crippen LogP contribution in [0.3, 0.4) is 0 Å². The van der Waals surface area contributed by atoms with E-state index < -0.39 is 6.10 Å². The Morgan fingerprint density at radius 2 is 2.17 bits per heavy atom. The van der Waals surface area contributed by atoms with E-state index in [9.17, 15) is 14.7 Å². The summed E-state index contributed by atoms with van der Waals surface area (Å²) in [7, 11) is 0. The number of rotatable bonds is 3. The molecule has 3 heterocycles. The standard InChI is InChI=1S/C21H22N4O3S2/c26-16-10-25(21(28)12-4-5-13-9-23-30-18(13)8-12)7-6-15(16)24-20(27)14-2-1-3-17-19(14)22-11-29-17/h4-5,8-9,11,14-16,26H,1-3,6-7,10H2,(H,24,27). The van der Waals surface area contributed by atoms with E-state index in [4.69, 9.17) is 0 Å². The lowest BCUT2D eigenvalue weighted by atomic mass is 9.89. The number of amides is 2. The number of aryl methyl sites for hydroxylation is 1. The van der Waals surface area contributed by atoms with Crippen LogP contribution in [-0.4, -0.2) is 56.4 Å². The first kappa shape index (κ1) is 19.6. The molecule has 1 fully saturated rings. The van der Waals surface area contributed by atoms with E-state index in [0.29, 0.717) is 18.5 Å². The third-order valence-electron chi connectivity index (χ3n) is 6.02. The Morgan fingerprint density at radius 3 is 3.03 bits per heavy atom. The number of nitrogens with one attached hydrogen (secondary N) is 1. The van der Waals surface area contributed by atoms with Gasteiger partial charge in [0.25, 0.3) is 5.91 Å². The molecule has 0 bridgehead atoms. The zero-order valence-corrected chi connectivity index (χ0v) is 17.9. The molecule has 3 aromatic rings. The molecule has 5 rings (SSSR count). The number of hydrogen-bond donors (Lipinski definition) is 2. The highest BCUT2D eigenvalue weighted by Crippen LogP contribution is 2.33. The monoisotopic (exact) mass is 442 g/mol. The van der Waals surface area contributed by atoms with Crippen LogP contribution in [0.1, 0.15) is 46.1 Å². The molecule has 30 heavy (non-hydrogen) atoms. The maximum absolute atomic E-state index is 12.9. The van der Waals surface area contributed by atoms with Crippen LogP contribution in [0.2, 0.25) is 0 Å². The largest absolute Gasteiger partial charge is 0.389 e. The van der Waals surface area contributed by atoms with Crippen molar-refractivity contribution in [2.45, 2.75) is 43.7 Å². The zero-order valence-electron chi connectivity index (χ0n) is 16.3. The molecule has 7 nitrogen and oxygen atoms in total. The van der Waals surface area contributed by atoms with Gasteiger partial charge < -0.3 is 15.3 Å². The second-order valence-corrected chi connectivity index (χ2v) is 9.68. The van der Waals surface area contributed by atoms with Crippen molar-refractivity contribution in [2.24, 2.45) is 0 Å². The minimum absolute atomic E-state index is 0.0682. The van der Waals surface area contributed by atoms with Gasteiger partial charge in [-0.3, -0.25) is 9.59 Å². The SMILES string of the molecule is O=C(NC1CCN(C(=O)c2ccc3cnsc3c2)CC1O)C1CCCc2scnc21. The van der Waals surface area contributed by atoms with Crippen molar-refractivity contribution in [3.8, 4) is 0 Å². The quantitative estimate of drug-likeness (QED) is 0.650. The number of aliphatic hydroxyl groups is 1. The topological polar surface area (TPSA) is 95.4 Å². The van der Waals surface area contributed by atoms with E-state index in [-0.39, 0.29) is 30.3 Å². The van der Waals surface area contributed by atoms with Crippen molar-refractivity contribution in [3.05, 3.63) is 46.0 Å². The van der Waals surface area contributed by atoms with Gasteiger partial charge in [-0.2, -0.15) is 4.37 Å². The van der Waals surface area contributed by atoms with Gasteiger partial charge in [0, 0.05) is 35.1 Å². The molecule has 2 aromatic heterocycles. The average Bonchev–Trinajstić information content (AvgIpc) is 3.42. The van der Waals surface area contributed by atoms with Crippen LogP contribution in [0.25, 0.3) is 10.1 Å². The number of nitrogens with zero attached hydrogens (tertiary/aromatic N) is 3. The number of carbonyl (C=O) groups is 2. The molecule has 2 N–H and O–H groups in total. The lowest BCUT2D eigenvalue weighted by Crippen LogP contribution is -2.56. The maximum Gasteiger partial charge on any atom is 0.253 e. The summed E-state index contributed by atoms with van der Waals surface area (Å²) in [5, 5.41) is 14.7. The van der Waals surface area contributed by atoms with E-state index in [1.165, 1.54) is 16.4 Å². The molecule has 1 saturated heterocycles. The summed E-state index contributed by atoms with van der Waals surface area (Å²) in [6.07, 6.45) is 4.27. The van der Waals surface area contributed by atoms with Crippen molar-refractivity contribution >= 4 is 44.8 Å². The van der Waals surface area contributed by atoms with E-state index in [0.717, 1.165) is 35.0 Å². The molecular weight excluding hydrogens is 420 g/mol. The van der Waals surface area contributed by atoms with Gasteiger partial charge in [0.2, 0.25) is 5.91 Å². The van der Waals surface area contributed by atoms with Crippen LogP contribution in [0.5, 0.6) is 0 Å². The Hall–Kier alpha value is -2.36. The third-order valence-corrected chi connectivity index (χ3v) is 7.69. The Labute approximate surface area is 181 Å². The van der Waals surface area contributed by atoms with Gasteiger partial charge in [-0.25, -0.2) is 4.98 Å². The summed E-state index contributed by atoms with van der Waals surface area (Å²) >= 11 is 2.97. The van der Waals surface area contributed by atoms with Crippen LogP contribution in [0, 0.1) is 0 Å². The lowest BCUT2D eigenvalue weighted by Gasteiger charge is -2.37. The Bertz CT molecular complexity index is 1090. The lowest BCUT2D eigenvalue weighted by molar-refractivity contribution is -0.125. The Morgan fingerprint density at radius 1 is 1.27 bits per heavy atom. The fraction of sp³-hybridized carbons (Fsp3) is 0.429. The van der Waals surface area contributed by atoms with Crippen LogP contribution in [0.15, 0.2) is 29.9 Å². The number of likely N-dealkylation sites (tertiary alicyclic amines) is 1. The molecule has 2 amide bonds. The molecule has 0 radical (unpaired) electrons. The average molecular weight is 443 g/mol. The second-order valence-electron chi connectivity index (χ2n) is 7.91. The van der Waals surface area contributed by atoms with Crippen LogP contribution >= 0.6 is 22.9 Å². The molecule has 1 aromatic carbocycles. The molecular formula is C21H22N4O3S2. The summed E-state index contributed by atoms with van der Waals surface area (Å²) < 4.78 is 5.12. The highest BCUT2D eigenvalue weighted by atomic mass is 32.1. The highest BCUT2D eigenvalue weighted by Gasteiger charge is 2.35. The normalized spacial score (nSPS) is 23.9. The Balaban J connectivity index is 1.22. The van der Waals surface area contributed by atoms with E-state index >= 15 is 0 Å². The summed E-state index contributed by atoms with van der Waals surface area (Å²) in [6.45, 7) is 0.700. The predicted molar refractivity (Wildman–Crippen MR) is 116 cm³/mol. The van der Waals surface area contributed by atoms with E-state index in [1.807, 2.05) is 12.1 Å². The van der Waals surface area contributed by atoms with Gasteiger partial charge in [-0.1, -0.05) is 6.07 Å². The first-order valence-electron chi connectivity index (χ1n) is 10.1. The number of benzene rings is 1. The number of aromatic nitrogens is 2. The van der Waals surface area contributed by atoms with Gasteiger partial charge in [0.1, 0.15) is 0 Å². The number of carbonyl (C=O) groups excluding carboxylic acids is 2. The van der Waals surface area contributed by atoms with Gasteiger partial charge in [0.15, 0.2) is 0 Å². The molecule has 0 spiro atoms. The van der Waals surface area contributed by atoms with Crippen molar-refractivity contribution in [2.75, 3.05) is 13.1 Å². The van der Waals surface area contributed by atoms with Gasteiger partial charge in [-0.05, 0) is 49.3 Å². The fourth-order valence-corrected chi connectivity index (χ4v) is 5.91. The maximum atomic E-state index is 12.9. The molecule has 3 unspecified atom stereocenters. The second kappa shape index (κ2) is 8.05. The van der Waals surface area contributed by atoms with Crippen molar-refractivity contribution in [3.63, 3.8) is 0 Å². The molecule has 2 aliphatic rings. The fourth-order valence-electron chi connectivity index (χ4n) is 4.35. The number of hydrogen-bond acceptors (Lipinski definition) is 7. The zero-order chi connectivity index (χ0) is 20.7. The molecule has 1 aliphatic carbocycles.